The summed E-state index contributed by atoms with van der Waals surface area (Å²) in [4.78, 5) is 0. The molecule has 0 amide bonds. The highest BCUT2D eigenvalue weighted by molar-refractivity contribution is 5.03. The lowest BCUT2D eigenvalue weighted by Gasteiger charge is -2.15. The van der Waals surface area contributed by atoms with Gasteiger partial charge in [-0.05, 0) is 12.8 Å². The van der Waals surface area contributed by atoms with Crippen LogP contribution < -0.4 is 0 Å². The molecule has 48 valence electrons. The normalized spacial score (nSPS) is 39.1. The zero-order valence-electron chi connectivity index (χ0n) is 5.33. The Bertz CT molecular complexity index is 160. The van der Waals surface area contributed by atoms with Crippen LogP contribution in [0.4, 0.5) is 0 Å². The molecule has 2 aliphatic rings. The highest BCUT2D eigenvalue weighted by Gasteiger charge is 2.24. The lowest BCUT2D eigenvalue weighted by Crippen LogP contribution is -2.16. The van der Waals surface area contributed by atoms with Gasteiger partial charge >= 0.3 is 0 Å². The summed E-state index contributed by atoms with van der Waals surface area (Å²) in [5, 5.41) is 8.10. The SMILES string of the molecule is C1=CC2N=NCC2CC1. The van der Waals surface area contributed by atoms with E-state index >= 15 is 0 Å². The van der Waals surface area contributed by atoms with E-state index < -0.39 is 0 Å². The van der Waals surface area contributed by atoms with Gasteiger partial charge in [-0.3, -0.25) is 0 Å². The fourth-order valence-electron chi connectivity index (χ4n) is 1.45. The number of hydrogen-bond acceptors (Lipinski definition) is 2. The van der Waals surface area contributed by atoms with Crippen molar-refractivity contribution < 1.29 is 0 Å². The molecule has 0 radical (unpaired) electrons. The molecule has 0 spiro atoms. The Kier molecular flexibility index (Phi) is 1.11. The smallest absolute Gasteiger partial charge is 0.0935 e. The molecule has 2 atom stereocenters. The van der Waals surface area contributed by atoms with Gasteiger partial charge in [0, 0.05) is 5.92 Å². The van der Waals surface area contributed by atoms with Gasteiger partial charge in [0.15, 0.2) is 0 Å². The average molecular weight is 122 g/mol. The Balaban J connectivity index is 2.17. The zero-order chi connectivity index (χ0) is 6.10. The fraction of sp³-hybridized carbons (Fsp3) is 0.714. The first-order valence-corrected chi connectivity index (χ1v) is 3.50. The third-order valence-electron chi connectivity index (χ3n) is 2.05. The van der Waals surface area contributed by atoms with Crippen LogP contribution in [0.3, 0.4) is 0 Å². The lowest BCUT2D eigenvalue weighted by atomic mass is 9.91. The highest BCUT2D eigenvalue weighted by Crippen LogP contribution is 2.26. The molecule has 0 aromatic heterocycles. The van der Waals surface area contributed by atoms with E-state index in [4.69, 9.17) is 0 Å². The minimum atomic E-state index is 0.443. The molecule has 2 rings (SSSR count). The molecule has 0 aromatic rings. The van der Waals surface area contributed by atoms with E-state index in [1.165, 1.54) is 12.8 Å². The van der Waals surface area contributed by atoms with Crippen molar-refractivity contribution in [2.45, 2.75) is 18.9 Å². The van der Waals surface area contributed by atoms with Gasteiger partial charge in [0.05, 0.1) is 12.6 Å². The van der Waals surface area contributed by atoms with Crippen LogP contribution in [0.25, 0.3) is 0 Å². The van der Waals surface area contributed by atoms with Gasteiger partial charge in [0.2, 0.25) is 0 Å². The van der Waals surface area contributed by atoms with Crippen molar-refractivity contribution in [3.05, 3.63) is 12.2 Å². The molecule has 0 bridgehead atoms. The molecule has 2 unspecified atom stereocenters. The van der Waals surface area contributed by atoms with Crippen molar-refractivity contribution in [2.75, 3.05) is 6.54 Å². The average Bonchev–Trinajstić information content (AvgIpc) is 2.33. The maximum Gasteiger partial charge on any atom is 0.0935 e. The monoisotopic (exact) mass is 122 g/mol. The maximum atomic E-state index is 4.10. The van der Waals surface area contributed by atoms with Crippen LogP contribution in [0, 0.1) is 5.92 Å². The summed E-state index contributed by atoms with van der Waals surface area (Å²) >= 11 is 0. The summed E-state index contributed by atoms with van der Waals surface area (Å²) in [6.07, 6.45) is 6.91. The highest BCUT2D eigenvalue weighted by atomic mass is 15.2. The predicted molar refractivity (Wildman–Crippen MR) is 35.4 cm³/mol. The predicted octanol–water partition coefficient (Wildman–Crippen LogP) is 1.79. The van der Waals surface area contributed by atoms with Crippen LogP contribution >= 0.6 is 0 Å². The third kappa shape index (κ3) is 0.784. The van der Waals surface area contributed by atoms with Gasteiger partial charge < -0.3 is 0 Å². The second kappa shape index (κ2) is 1.94. The van der Waals surface area contributed by atoms with Gasteiger partial charge in [-0.2, -0.15) is 10.2 Å². The van der Waals surface area contributed by atoms with Gasteiger partial charge in [0.1, 0.15) is 0 Å². The Morgan fingerprint density at radius 2 is 2.44 bits per heavy atom. The van der Waals surface area contributed by atoms with Crippen molar-refractivity contribution in [1.82, 2.24) is 0 Å². The Morgan fingerprint density at radius 1 is 1.44 bits per heavy atom. The molecule has 2 heteroatoms. The largest absolute Gasteiger partial charge is 0.193 e. The van der Waals surface area contributed by atoms with Crippen LogP contribution in [0.15, 0.2) is 22.4 Å². The van der Waals surface area contributed by atoms with Gasteiger partial charge in [-0.1, -0.05) is 12.2 Å². The molecule has 2 nitrogen and oxygen atoms in total. The van der Waals surface area contributed by atoms with E-state index in [1.54, 1.807) is 0 Å². The number of azo groups is 1. The minimum Gasteiger partial charge on any atom is -0.193 e. The minimum absolute atomic E-state index is 0.443. The van der Waals surface area contributed by atoms with Crippen molar-refractivity contribution >= 4 is 0 Å². The molecular formula is C7H10N2. The number of allylic oxidation sites excluding steroid dienone is 1. The standard InChI is InChI=1S/C7H10N2/c1-2-4-7-6(3-1)5-8-9-7/h2,4,6-7H,1,3,5H2. The third-order valence-corrected chi connectivity index (χ3v) is 2.05. The first-order chi connectivity index (χ1) is 4.47. The lowest BCUT2D eigenvalue weighted by molar-refractivity contribution is 0.486. The second-order valence-corrected chi connectivity index (χ2v) is 2.70. The molecule has 1 aliphatic heterocycles. The van der Waals surface area contributed by atoms with E-state index in [-0.39, 0.29) is 0 Å². The topological polar surface area (TPSA) is 24.7 Å². The van der Waals surface area contributed by atoms with E-state index in [9.17, 15) is 0 Å². The van der Waals surface area contributed by atoms with Crippen molar-refractivity contribution in [3.8, 4) is 0 Å². The van der Waals surface area contributed by atoms with Crippen molar-refractivity contribution in [1.29, 1.82) is 0 Å². The molecule has 0 saturated heterocycles. The zero-order valence-corrected chi connectivity index (χ0v) is 5.33. The van der Waals surface area contributed by atoms with E-state index in [2.05, 4.69) is 22.4 Å². The Labute approximate surface area is 54.7 Å². The van der Waals surface area contributed by atoms with Gasteiger partial charge in [-0.25, -0.2) is 0 Å². The number of rotatable bonds is 0. The van der Waals surface area contributed by atoms with Crippen LogP contribution in [-0.2, 0) is 0 Å². The first-order valence-electron chi connectivity index (χ1n) is 3.50. The number of fused-ring (bicyclic) bond motifs is 1. The molecule has 0 aromatic carbocycles. The summed E-state index contributed by atoms with van der Waals surface area (Å²) in [5.41, 5.74) is 0. The number of hydrogen-bond donors (Lipinski definition) is 0. The Morgan fingerprint density at radius 3 is 3.33 bits per heavy atom. The summed E-state index contributed by atoms with van der Waals surface area (Å²) in [7, 11) is 0. The number of nitrogens with zero attached hydrogens (tertiary/aromatic N) is 2. The quantitative estimate of drug-likeness (QED) is 0.437. The van der Waals surface area contributed by atoms with E-state index in [1.807, 2.05) is 0 Å². The summed E-state index contributed by atoms with van der Waals surface area (Å²) in [5.74, 6) is 0.745. The van der Waals surface area contributed by atoms with Gasteiger partial charge in [-0.15, -0.1) is 0 Å². The van der Waals surface area contributed by atoms with Crippen LogP contribution in [-0.4, -0.2) is 12.6 Å². The summed E-state index contributed by atoms with van der Waals surface area (Å²) in [6.45, 7) is 0.967. The second-order valence-electron chi connectivity index (χ2n) is 2.70. The molecule has 0 N–H and O–H groups in total. The van der Waals surface area contributed by atoms with Crippen molar-refractivity contribution in [3.63, 3.8) is 0 Å². The van der Waals surface area contributed by atoms with E-state index in [0.29, 0.717) is 6.04 Å². The van der Waals surface area contributed by atoms with Gasteiger partial charge in [0.25, 0.3) is 0 Å². The van der Waals surface area contributed by atoms with Crippen LogP contribution in [0.2, 0.25) is 0 Å². The van der Waals surface area contributed by atoms with Crippen LogP contribution in [0.1, 0.15) is 12.8 Å². The van der Waals surface area contributed by atoms with Crippen LogP contribution in [0.5, 0.6) is 0 Å². The molecule has 1 aliphatic carbocycles. The van der Waals surface area contributed by atoms with Crippen molar-refractivity contribution in [2.24, 2.45) is 16.1 Å². The summed E-state index contributed by atoms with van der Waals surface area (Å²) < 4.78 is 0. The molecule has 0 saturated carbocycles. The fourth-order valence-corrected chi connectivity index (χ4v) is 1.45. The summed E-state index contributed by atoms with van der Waals surface area (Å²) in [6, 6.07) is 0.443. The molecule has 9 heavy (non-hydrogen) atoms. The Hall–Kier alpha value is -0.660. The molecule has 0 fully saturated rings. The van der Waals surface area contributed by atoms with E-state index in [0.717, 1.165) is 12.5 Å². The first kappa shape index (κ1) is 5.15. The molecule has 1 heterocycles. The maximum absolute atomic E-state index is 4.10. The molecular weight excluding hydrogens is 112 g/mol.